The van der Waals surface area contributed by atoms with Gasteiger partial charge in [0, 0.05) is 50.1 Å². The van der Waals surface area contributed by atoms with Crippen LogP contribution in [0.15, 0.2) is 54.7 Å². The number of amides is 1. The third kappa shape index (κ3) is 5.59. The van der Waals surface area contributed by atoms with Gasteiger partial charge in [-0.1, -0.05) is 31.2 Å². The van der Waals surface area contributed by atoms with Crippen LogP contribution in [0.1, 0.15) is 53.0 Å². The summed E-state index contributed by atoms with van der Waals surface area (Å²) in [5.74, 6) is 1.54. The summed E-state index contributed by atoms with van der Waals surface area (Å²) in [4.78, 5) is 30.4. The van der Waals surface area contributed by atoms with Gasteiger partial charge in [-0.3, -0.25) is 14.7 Å². The Morgan fingerprint density at radius 3 is 2.71 bits per heavy atom. The highest BCUT2D eigenvalue weighted by Gasteiger charge is 2.36. The van der Waals surface area contributed by atoms with Crippen LogP contribution in [0.2, 0.25) is 0 Å². The van der Waals surface area contributed by atoms with Crippen molar-refractivity contribution in [1.82, 2.24) is 24.8 Å². The number of ether oxygens (including phenoxy) is 1. The van der Waals surface area contributed by atoms with E-state index in [0.717, 1.165) is 61.0 Å². The maximum Gasteiger partial charge on any atom is 0.272 e. The van der Waals surface area contributed by atoms with Crippen molar-refractivity contribution in [2.45, 2.75) is 45.3 Å². The number of nitrogens with zero attached hydrogens (tertiary/aromatic N) is 5. The molecule has 1 saturated heterocycles. The lowest BCUT2D eigenvalue weighted by molar-refractivity contribution is 0.0820. The highest BCUT2D eigenvalue weighted by atomic mass is 16.5. The second-order valence-electron chi connectivity index (χ2n) is 9.51. The summed E-state index contributed by atoms with van der Waals surface area (Å²) in [6, 6.07) is 15.8. The lowest BCUT2D eigenvalue weighted by atomic mass is 9.80. The number of carbonyl (C=O) groups excluding carboxylic acids is 1. The van der Waals surface area contributed by atoms with Crippen molar-refractivity contribution in [3.8, 4) is 5.75 Å². The van der Waals surface area contributed by atoms with Crippen molar-refractivity contribution < 1.29 is 9.53 Å². The number of para-hydroxylation sites is 1. The minimum Gasteiger partial charge on any atom is -0.487 e. The van der Waals surface area contributed by atoms with Crippen LogP contribution in [0.25, 0.3) is 0 Å². The van der Waals surface area contributed by atoms with Crippen LogP contribution in [0.4, 0.5) is 0 Å². The molecule has 7 heteroatoms. The van der Waals surface area contributed by atoms with Crippen LogP contribution >= 0.6 is 0 Å². The summed E-state index contributed by atoms with van der Waals surface area (Å²) >= 11 is 0. The van der Waals surface area contributed by atoms with Gasteiger partial charge in [0.2, 0.25) is 0 Å². The van der Waals surface area contributed by atoms with Gasteiger partial charge in [-0.05, 0) is 50.6 Å². The molecule has 4 rings (SSSR count). The van der Waals surface area contributed by atoms with E-state index in [1.165, 1.54) is 0 Å². The average Bonchev–Trinajstić information content (AvgIpc) is 2.83. The van der Waals surface area contributed by atoms with Crippen LogP contribution < -0.4 is 4.74 Å². The fraction of sp³-hybridized carbons (Fsp3) is 0.407. The molecule has 1 aromatic carbocycles. The molecule has 0 aliphatic carbocycles. The topological polar surface area (TPSA) is 71.5 Å². The van der Waals surface area contributed by atoms with Crippen molar-refractivity contribution in [3.63, 3.8) is 0 Å². The van der Waals surface area contributed by atoms with Gasteiger partial charge >= 0.3 is 0 Å². The second kappa shape index (κ2) is 10.3. The monoisotopic (exact) mass is 459 g/mol. The molecule has 7 nitrogen and oxygen atoms in total. The minimum absolute atomic E-state index is 0.0954. The Morgan fingerprint density at radius 1 is 1.15 bits per heavy atom. The molecule has 0 N–H and O–H groups in total. The Hall–Kier alpha value is -3.32. The number of rotatable bonds is 7. The van der Waals surface area contributed by atoms with Gasteiger partial charge in [0.1, 0.15) is 23.9 Å². The number of hydrogen-bond donors (Lipinski definition) is 0. The van der Waals surface area contributed by atoms with Gasteiger partial charge < -0.3 is 9.64 Å². The van der Waals surface area contributed by atoms with E-state index in [1.807, 2.05) is 37.3 Å². The summed E-state index contributed by atoms with van der Waals surface area (Å²) in [7, 11) is 3.49. The summed E-state index contributed by atoms with van der Waals surface area (Å²) < 4.78 is 6.13. The van der Waals surface area contributed by atoms with Crippen molar-refractivity contribution in [3.05, 3.63) is 83.2 Å². The number of aromatic nitrogens is 3. The van der Waals surface area contributed by atoms with E-state index in [4.69, 9.17) is 14.7 Å². The van der Waals surface area contributed by atoms with Gasteiger partial charge in [-0.2, -0.15) is 0 Å². The second-order valence-corrected chi connectivity index (χ2v) is 9.51. The normalized spacial score (nSPS) is 18.5. The van der Waals surface area contributed by atoms with Crippen LogP contribution in [-0.2, 0) is 18.6 Å². The molecule has 1 aliphatic rings. The number of piperidine rings is 1. The highest BCUT2D eigenvalue weighted by Crippen LogP contribution is 2.33. The first-order valence-electron chi connectivity index (χ1n) is 11.7. The number of hydrogen-bond acceptors (Lipinski definition) is 6. The van der Waals surface area contributed by atoms with Crippen LogP contribution in [0.5, 0.6) is 5.75 Å². The van der Waals surface area contributed by atoms with Crippen LogP contribution in [-0.4, -0.2) is 57.8 Å². The summed E-state index contributed by atoms with van der Waals surface area (Å²) in [6.07, 6.45) is 3.81. The Bertz CT molecular complexity index is 1130. The molecule has 1 unspecified atom stereocenters. The Morgan fingerprint density at radius 2 is 1.94 bits per heavy atom. The third-order valence-electron chi connectivity index (χ3n) is 6.26. The van der Waals surface area contributed by atoms with Gasteiger partial charge in [0.25, 0.3) is 5.91 Å². The smallest absolute Gasteiger partial charge is 0.272 e. The zero-order valence-corrected chi connectivity index (χ0v) is 20.5. The van der Waals surface area contributed by atoms with Gasteiger partial charge in [0.05, 0.1) is 5.69 Å². The molecule has 1 amide bonds. The summed E-state index contributed by atoms with van der Waals surface area (Å²) in [5.41, 5.74) is 3.11. The van der Waals surface area contributed by atoms with E-state index in [2.05, 4.69) is 28.9 Å². The summed E-state index contributed by atoms with van der Waals surface area (Å²) in [6.45, 7) is 7.18. The first-order valence-corrected chi connectivity index (χ1v) is 11.7. The molecule has 0 spiro atoms. The molecule has 34 heavy (non-hydrogen) atoms. The first-order chi connectivity index (χ1) is 16.3. The molecule has 2 aromatic heterocycles. The minimum atomic E-state index is -0.227. The van der Waals surface area contributed by atoms with E-state index >= 15 is 0 Å². The molecule has 1 aliphatic heterocycles. The van der Waals surface area contributed by atoms with Crippen LogP contribution in [0, 0.1) is 6.92 Å². The predicted octanol–water partition coefficient (Wildman–Crippen LogP) is 4.01. The molecule has 3 aromatic rings. The maximum absolute atomic E-state index is 12.5. The Balaban J connectivity index is 1.50. The van der Waals surface area contributed by atoms with Gasteiger partial charge in [-0.25, -0.2) is 9.97 Å². The zero-order chi connectivity index (χ0) is 24.1. The average molecular weight is 460 g/mol. The van der Waals surface area contributed by atoms with Crippen molar-refractivity contribution in [2.75, 3.05) is 27.2 Å². The van der Waals surface area contributed by atoms with Gasteiger partial charge in [0.15, 0.2) is 0 Å². The molecule has 1 atom stereocenters. The van der Waals surface area contributed by atoms with Gasteiger partial charge in [-0.15, -0.1) is 0 Å². The zero-order valence-electron chi connectivity index (χ0n) is 20.5. The fourth-order valence-electron chi connectivity index (χ4n) is 4.49. The Kier molecular flexibility index (Phi) is 7.22. The molecular weight excluding hydrogens is 426 g/mol. The SMILES string of the molecule is Cc1cc(C(=O)N(C)C)nc(C2(C)CCCN(Cc3ccccc3OCc3ccccn3)C2)n1. The molecular formula is C27H33N5O2. The fourth-order valence-corrected chi connectivity index (χ4v) is 4.49. The van der Waals surface area contributed by atoms with Crippen molar-refractivity contribution in [1.29, 1.82) is 0 Å². The molecule has 0 saturated carbocycles. The quantitative estimate of drug-likeness (QED) is 0.532. The summed E-state index contributed by atoms with van der Waals surface area (Å²) in [5, 5.41) is 0. The maximum atomic E-state index is 12.5. The number of aryl methyl sites for hydroxylation is 1. The number of likely N-dealkylation sites (tertiary alicyclic amines) is 1. The predicted molar refractivity (Wildman–Crippen MR) is 132 cm³/mol. The molecule has 3 heterocycles. The van der Waals surface area contributed by atoms with E-state index in [1.54, 1.807) is 31.3 Å². The lowest BCUT2D eigenvalue weighted by Crippen LogP contribution is -2.45. The Labute approximate surface area is 201 Å². The number of benzene rings is 1. The number of carbonyl (C=O) groups is 1. The van der Waals surface area contributed by atoms with E-state index in [9.17, 15) is 4.79 Å². The van der Waals surface area contributed by atoms with Crippen molar-refractivity contribution >= 4 is 5.91 Å². The molecule has 0 bridgehead atoms. The third-order valence-corrected chi connectivity index (χ3v) is 6.26. The van der Waals surface area contributed by atoms with Crippen LogP contribution in [0.3, 0.4) is 0 Å². The van der Waals surface area contributed by atoms with E-state index in [-0.39, 0.29) is 11.3 Å². The van der Waals surface area contributed by atoms with E-state index in [0.29, 0.717) is 12.3 Å². The molecule has 178 valence electrons. The highest BCUT2D eigenvalue weighted by molar-refractivity contribution is 5.92. The molecule has 1 fully saturated rings. The molecule has 0 radical (unpaired) electrons. The first kappa shape index (κ1) is 23.8. The van der Waals surface area contributed by atoms with E-state index < -0.39 is 0 Å². The largest absolute Gasteiger partial charge is 0.487 e. The van der Waals surface area contributed by atoms with Crippen molar-refractivity contribution in [2.24, 2.45) is 0 Å². The lowest BCUT2D eigenvalue weighted by Gasteiger charge is -2.39. The number of pyridine rings is 1. The standard InChI is InChI=1S/C27H33N5O2/c1-20-16-23(25(33)31(3)4)30-26(29-20)27(2)13-9-15-32(19-27)17-21-10-5-6-12-24(21)34-18-22-11-7-8-14-28-22/h5-8,10-12,14,16H,9,13,15,17-19H2,1-4H3.